The van der Waals surface area contributed by atoms with Crippen LogP contribution in [0.5, 0.6) is 5.88 Å². The predicted octanol–water partition coefficient (Wildman–Crippen LogP) is 3.74. The minimum atomic E-state index is 0.152. The fraction of sp³-hybridized carbons (Fsp3) is 0.571. The highest BCUT2D eigenvalue weighted by atomic mass is 16.5. The van der Waals surface area contributed by atoms with Crippen LogP contribution in [0.3, 0.4) is 0 Å². The lowest BCUT2D eigenvalue weighted by molar-refractivity contribution is 0.0975. The smallest absolute Gasteiger partial charge is 0.212 e. The van der Waals surface area contributed by atoms with Gasteiger partial charge in [-0.1, -0.05) is 27.7 Å². The molecule has 0 amide bonds. The topological polar surface area (TPSA) is 39.2 Å². The van der Waals surface area contributed by atoms with Gasteiger partial charge in [-0.2, -0.15) is 0 Å². The molecule has 1 aromatic heterocycles. The third-order valence-corrected chi connectivity index (χ3v) is 2.22. The first kappa shape index (κ1) is 15.6. The number of ketones is 1. The van der Waals surface area contributed by atoms with Crippen LogP contribution in [0.15, 0.2) is 18.3 Å². The fourth-order valence-electron chi connectivity index (χ4n) is 1.23. The summed E-state index contributed by atoms with van der Waals surface area (Å²) in [5, 5.41) is 0. The molecule has 0 saturated carbocycles. The molecule has 0 N–H and O–H groups in total. The Bertz CT molecular complexity index is 317. The van der Waals surface area contributed by atoms with E-state index in [0.717, 1.165) is 6.42 Å². The Balaban J connectivity index is 0.00000121. The van der Waals surface area contributed by atoms with Crippen LogP contribution < -0.4 is 4.74 Å². The van der Waals surface area contributed by atoms with E-state index in [-0.39, 0.29) is 5.78 Å². The second-order valence-corrected chi connectivity index (χ2v) is 3.94. The van der Waals surface area contributed by atoms with E-state index in [1.54, 1.807) is 25.4 Å². The van der Waals surface area contributed by atoms with Crippen molar-refractivity contribution in [3.8, 4) is 5.88 Å². The summed E-state index contributed by atoms with van der Waals surface area (Å²) in [5.41, 5.74) is 0.663. The van der Waals surface area contributed by atoms with Gasteiger partial charge in [-0.3, -0.25) is 4.79 Å². The molecule has 3 heteroatoms. The van der Waals surface area contributed by atoms with Gasteiger partial charge in [0.05, 0.1) is 7.11 Å². The maximum atomic E-state index is 11.7. The molecule has 0 radical (unpaired) electrons. The van der Waals surface area contributed by atoms with E-state index in [4.69, 9.17) is 4.74 Å². The van der Waals surface area contributed by atoms with E-state index in [9.17, 15) is 4.79 Å². The van der Waals surface area contributed by atoms with Crippen LogP contribution in [0.4, 0.5) is 0 Å². The van der Waals surface area contributed by atoms with E-state index in [1.807, 2.05) is 13.8 Å². The number of pyridine rings is 1. The molecule has 0 unspecified atom stereocenters. The number of ether oxygens (including phenoxy) is 1. The molecule has 1 rings (SSSR count). The normalized spacial score (nSPS) is 9.53. The van der Waals surface area contributed by atoms with Crippen molar-refractivity contribution in [2.24, 2.45) is 5.92 Å². The lowest BCUT2D eigenvalue weighted by Crippen LogP contribution is -2.02. The molecule has 0 atom stereocenters. The van der Waals surface area contributed by atoms with Crippen LogP contribution in [0.2, 0.25) is 0 Å². The number of hydrogen-bond donors (Lipinski definition) is 0. The highest BCUT2D eigenvalue weighted by molar-refractivity contribution is 5.95. The number of carbonyl (C=O) groups excluding carboxylic acids is 1. The fourth-order valence-corrected chi connectivity index (χ4v) is 1.23. The maximum absolute atomic E-state index is 11.7. The molecule has 1 heterocycles. The van der Waals surface area contributed by atoms with Gasteiger partial charge in [0.1, 0.15) is 0 Å². The van der Waals surface area contributed by atoms with Gasteiger partial charge >= 0.3 is 0 Å². The Morgan fingerprint density at radius 1 is 1.35 bits per heavy atom. The van der Waals surface area contributed by atoms with Crippen molar-refractivity contribution in [2.45, 2.75) is 40.5 Å². The zero-order chi connectivity index (χ0) is 13.3. The standard InChI is InChI=1S/C12H17NO2.C2H6/c1-9(2)4-6-11(14)10-5-7-12(15-3)13-8-10;1-2/h5,7-9H,4,6H2,1-3H3;1-2H3. The van der Waals surface area contributed by atoms with Crippen molar-refractivity contribution in [1.29, 1.82) is 0 Å². The van der Waals surface area contributed by atoms with E-state index in [0.29, 0.717) is 23.8 Å². The molecule has 3 nitrogen and oxygen atoms in total. The highest BCUT2D eigenvalue weighted by Gasteiger charge is 2.07. The Kier molecular flexibility index (Phi) is 8.03. The van der Waals surface area contributed by atoms with Crippen LogP contribution >= 0.6 is 0 Å². The van der Waals surface area contributed by atoms with Crippen molar-refractivity contribution in [3.05, 3.63) is 23.9 Å². The molecule has 0 saturated heterocycles. The Labute approximate surface area is 104 Å². The summed E-state index contributed by atoms with van der Waals surface area (Å²) in [6.45, 7) is 8.22. The molecule has 0 aliphatic carbocycles. The van der Waals surface area contributed by atoms with Crippen molar-refractivity contribution in [1.82, 2.24) is 4.98 Å². The van der Waals surface area contributed by atoms with Gasteiger partial charge in [0, 0.05) is 24.2 Å². The monoisotopic (exact) mass is 237 g/mol. The van der Waals surface area contributed by atoms with E-state index < -0.39 is 0 Å². The summed E-state index contributed by atoms with van der Waals surface area (Å²) < 4.78 is 4.92. The first-order valence-corrected chi connectivity index (χ1v) is 6.16. The number of hydrogen-bond acceptors (Lipinski definition) is 3. The number of aromatic nitrogens is 1. The summed E-state index contributed by atoms with van der Waals surface area (Å²) in [4.78, 5) is 15.7. The highest BCUT2D eigenvalue weighted by Crippen LogP contribution is 2.12. The van der Waals surface area contributed by atoms with Gasteiger partial charge in [0.2, 0.25) is 5.88 Å². The summed E-state index contributed by atoms with van der Waals surface area (Å²) in [6.07, 6.45) is 3.08. The number of Topliss-reactive ketones (excluding diaryl/α,β-unsaturated/α-hetero) is 1. The summed E-state index contributed by atoms with van der Waals surface area (Å²) >= 11 is 0. The Morgan fingerprint density at radius 3 is 2.41 bits per heavy atom. The molecule has 0 aromatic carbocycles. The number of rotatable bonds is 5. The average molecular weight is 237 g/mol. The SMILES string of the molecule is CC.COc1ccc(C(=O)CCC(C)C)cn1. The van der Waals surface area contributed by atoms with E-state index in [1.165, 1.54) is 0 Å². The second-order valence-electron chi connectivity index (χ2n) is 3.94. The minimum Gasteiger partial charge on any atom is -0.481 e. The van der Waals surface area contributed by atoms with Gasteiger partial charge in [-0.15, -0.1) is 0 Å². The second kappa shape index (κ2) is 8.74. The van der Waals surface area contributed by atoms with Crippen molar-refractivity contribution < 1.29 is 9.53 Å². The van der Waals surface area contributed by atoms with Crippen molar-refractivity contribution in [3.63, 3.8) is 0 Å². The molecule has 0 aliphatic heterocycles. The number of methoxy groups -OCH3 is 1. The van der Waals surface area contributed by atoms with Gasteiger partial charge in [-0.05, 0) is 18.4 Å². The molecule has 0 bridgehead atoms. The average Bonchev–Trinajstić information content (AvgIpc) is 2.38. The first-order valence-electron chi connectivity index (χ1n) is 6.16. The van der Waals surface area contributed by atoms with Gasteiger partial charge in [0.15, 0.2) is 5.78 Å². The van der Waals surface area contributed by atoms with Crippen molar-refractivity contribution in [2.75, 3.05) is 7.11 Å². The van der Waals surface area contributed by atoms with E-state index in [2.05, 4.69) is 18.8 Å². The molecule has 96 valence electrons. The maximum Gasteiger partial charge on any atom is 0.212 e. The summed E-state index contributed by atoms with van der Waals surface area (Å²) in [6, 6.07) is 3.47. The minimum absolute atomic E-state index is 0.152. The molecular weight excluding hydrogens is 214 g/mol. The third-order valence-electron chi connectivity index (χ3n) is 2.22. The zero-order valence-electron chi connectivity index (χ0n) is 11.5. The van der Waals surface area contributed by atoms with Gasteiger partial charge < -0.3 is 4.74 Å². The van der Waals surface area contributed by atoms with Crippen LogP contribution in [0, 0.1) is 5.92 Å². The zero-order valence-corrected chi connectivity index (χ0v) is 11.5. The largest absolute Gasteiger partial charge is 0.481 e. The van der Waals surface area contributed by atoms with Crippen LogP contribution in [0.1, 0.15) is 50.9 Å². The number of nitrogens with zero attached hydrogens (tertiary/aromatic N) is 1. The Morgan fingerprint density at radius 2 is 2.00 bits per heavy atom. The van der Waals surface area contributed by atoms with E-state index >= 15 is 0 Å². The molecule has 0 aliphatic rings. The lowest BCUT2D eigenvalue weighted by Gasteiger charge is -2.04. The van der Waals surface area contributed by atoms with Gasteiger partial charge in [-0.25, -0.2) is 4.98 Å². The Hall–Kier alpha value is -1.38. The molecular formula is C14H23NO2. The van der Waals surface area contributed by atoms with Crippen molar-refractivity contribution >= 4 is 5.78 Å². The number of carbonyl (C=O) groups is 1. The lowest BCUT2D eigenvalue weighted by atomic mass is 10.0. The van der Waals surface area contributed by atoms with Gasteiger partial charge in [0.25, 0.3) is 0 Å². The van der Waals surface area contributed by atoms with Crippen LogP contribution in [-0.2, 0) is 0 Å². The third kappa shape index (κ3) is 6.05. The quantitative estimate of drug-likeness (QED) is 0.732. The molecule has 17 heavy (non-hydrogen) atoms. The predicted molar refractivity (Wildman–Crippen MR) is 70.5 cm³/mol. The molecule has 1 aromatic rings. The molecule has 0 spiro atoms. The van der Waals surface area contributed by atoms with Crippen LogP contribution in [0.25, 0.3) is 0 Å². The molecule has 0 fully saturated rings. The summed E-state index contributed by atoms with van der Waals surface area (Å²) in [5.74, 6) is 1.24. The first-order chi connectivity index (χ1) is 8.13. The van der Waals surface area contributed by atoms with Crippen LogP contribution in [-0.4, -0.2) is 17.9 Å². The summed E-state index contributed by atoms with van der Waals surface area (Å²) in [7, 11) is 1.56.